The minimum Gasteiger partial charge on any atom is -0.340 e. The van der Waals surface area contributed by atoms with Crippen molar-refractivity contribution in [3.63, 3.8) is 0 Å². The Balaban J connectivity index is 2.43. The predicted molar refractivity (Wildman–Crippen MR) is 41.0 cm³/mol. The number of nitriles is 1. The monoisotopic (exact) mass is 172 g/mol. The Morgan fingerprint density at radius 2 is 2.55 bits per heavy atom. The van der Waals surface area contributed by atoms with Gasteiger partial charge in [0.15, 0.2) is 0 Å². The molecule has 0 saturated carbocycles. The van der Waals surface area contributed by atoms with Crippen LogP contribution < -0.4 is 0 Å². The molecule has 0 aromatic rings. The fourth-order valence-electron chi connectivity index (χ4n) is 1.18. The maximum Gasteiger partial charge on any atom is 0.237 e. The van der Waals surface area contributed by atoms with E-state index in [1.165, 1.54) is 0 Å². The number of amides is 1. The first-order chi connectivity index (χ1) is 5.27. The molecule has 1 saturated heterocycles. The molecule has 1 heterocycles. The summed E-state index contributed by atoms with van der Waals surface area (Å²) in [7, 11) is 0. The zero-order valence-electron chi connectivity index (χ0n) is 6.09. The number of nitrogens with zero attached hydrogens (tertiary/aromatic N) is 2. The fourth-order valence-corrected chi connectivity index (χ4v) is 1.35. The van der Waals surface area contributed by atoms with E-state index >= 15 is 0 Å². The van der Waals surface area contributed by atoms with Crippen molar-refractivity contribution in [1.29, 1.82) is 5.26 Å². The Labute approximate surface area is 70.5 Å². The number of rotatable bonds is 1. The number of likely N-dealkylation sites (tertiary alicyclic amines) is 1. The molecule has 0 radical (unpaired) electrons. The molecule has 60 valence electrons. The SMILES string of the molecule is N#CC1CCN(C(=O)CCl)C1. The highest BCUT2D eigenvalue weighted by Gasteiger charge is 2.24. The second-order valence-electron chi connectivity index (χ2n) is 2.59. The van der Waals surface area contributed by atoms with Gasteiger partial charge in [0, 0.05) is 13.1 Å². The molecule has 11 heavy (non-hydrogen) atoms. The van der Waals surface area contributed by atoms with Gasteiger partial charge in [-0.05, 0) is 6.42 Å². The van der Waals surface area contributed by atoms with Crippen LogP contribution in [0.25, 0.3) is 0 Å². The molecule has 1 unspecified atom stereocenters. The van der Waals surface area contributed by atoms with E-state index < -0.39 is 0 Å². The molecule has 1 rings (SSSR count). The van der Waals surface area contributed by atoms with Gasteiger partial charge < -0.3 is 4.90 Å². The van der Waals surface area contributed by atoms with Crippen LogP contribution in [0.2, 0.25) is 0 Å². The molecule has 0 bridgehead atoms. The number of alkyl halides is 1. The molecule has 1 aliphatic rings. The van der Waals surface area contributed by atoms with Gasteiger partial charge in [0.25, 0.3) is 0 Å². The minimum atomic E-state index is -0.0654. The summed E-state index contributed by atoms with van der Waals surface area (Å²) >= 11 is 5.35. The Morgan fingerprint density at radius 3 is 3.00 bits per heavy atom. The van der Waals surface area contributed by atoms with E-state index in [4.69, 9.17) is 16.9 Å². The van der Waals surface area contributed by atoms with Crippen molar-refractivity contribution in [2.24, 2.45) is 5.92 Å². The van der Waals surface area contributed by atoms with Crippen molar-refractivity contribution < 1.29 is 4.79 Å². The lowest BCUT2D eigenvalue weighted by Gasteiger charge is -2.12. The van der Waals surface area contributed by atoms with Gasteiger partial charge in [0.05, 0.1) is 12.0 Å². The van der Waals surface area contributed by atoms with Gasteiger partial charge in [-0.25, -0.2) is 0 Å². The Morgan fingerprint density at radius 1 is 1.82 bits per heavy atom. The van der Waals surface area contributed by atoms with E-state index in [0.29, 0.717) is 13.1 Å². The summed E-state index contributed by atoms with van der Waals surface area (Å²) < 4.78 is 0. The first kappa shape index (κ1) is 8.35. The standard InChI is InChI=1S/C7H9ClN2O/c8-3-7(11)10-2-1-6(4-9)5-10/h6H,1-3,5H2. The second-order valence-corrected chi connectivity index (χ2v) is 2.86. The van der Waals surface area contributed by atoms with Crippen LogP contribution in [0.4, 0.5) is 0 Å². The lowest BCUT2D eigenvalue weighted by molar-refractivity contribution is -0.127. The van der Waals surface area contributed by atoms with Crippen molar-refractivity contribution in [2.45, 2.75) is 6.42 Å². The molecule has 1 amide bonds. The molecule has 0 spiro atoms. The van der Waals surface area contributed by atoms with Gasteiger partial charge in [-0.2, -0.15) is 5.26 Å². The van der Waals surface area contributed by atoms with Gasteiger partial charge in [-0.3, -0.25) is 4.79 Å². The zero-order chi connectivity index (χ0) is 8.27. The Bertz CT molecular complexity index is 199. The molecule has 1 aliphatic heterocycles. The lowest BCUT2D eigenvalue weighted by atomic mass is 10.1. The van der Waals surface area contributed by atoms with Gasteiger partial charge >= 0.3 is 0 Å². The third-order valence-electron chi connectivity index (χ3n) is 1.84. The minimum absolute atomic E-state index is 0.0159. The molecular weight excluding hydrogens is 164 g/mol. The molecular formula is C7H9ClN2O. The zero-order valence-corrected chi connectivity index (χ0v) is 6.84. The summed E-state index contributed by atoms with van der Waals surface area (Å²) in [6, 6.07) is 2.14. The topological polar surface area (TPSA) is 44.1 Å². The van der Waals surface area contributed by atoms with E-state index in [9.17, 15) is 4.79 Å². The van der Waals surface area contributed by atoms with Gasteiger partial charge in [-0.1, -0.05) is 0 Å². The third-order valence-corrected chi connectivity index (χ3v) is 2.07. The largest absolute Gasteiger partial charge is 0.340 e. The second kappa shape index (κ2) is 3.59. The van der Waals surface area contributed by atoms with Crippen molar-refractivity contribution in [3.8, 4) is 6.07 Å². The Kier molecular flexibility index (Phi) is 2.72. The average molecular weight is 173 g/mol. The third kappa shape index (κ3) is 1.84. The molecule has 1 atom stereocenters. The molecule has 3 nitrogen and oxygen atoms in total. The van der Waals surface area contributed by atoms with Crippen LogP contribution in [0.15, 0.2) is 0 Å². The number of hydrogen-bond donors (Lipinski definition) is 0. The van der Waals surface area contributed by atoms with Crippen LogP contribution in [0.5, 0.6) is 0 Å². The maximum atomic E-state index is 11.0. The van der Waals surface area contributed by atoms with Crippen molar-refractivity contribution >= 4 is 17.5 Å². The van der Waals surface area contributed by atoms with Crippen LogP contribution in [0, 0.1) is 17.2 Å². The number of hydrogen-bond acceptors (Lipinski definition) is 2. The molecule has 0 N–H and O–H groups in total. The summed E-state index contributed by atoms with van der Waals surface area (Å²) in [4.78, 5) is 12.6. The predicted octanol–water partition coefficient (Wildman–Crippen LogP) is 0.597. The van der Waals surface area contributed by atoms with Gasteiger partial charge in [-0.15, -0.1) is 11.6 Å². The summed E-state index contributed by atoms with van der Waals surface area (Å²) in [5, 5.41) is 8.52. The summed E-state index contributed by atoms with van der Waals surface area (Å²) in [5.74, 6) is -0.0235. The van der Waals surface area contributed by atoms with Crippen molar-refractivity contribution in [1.82, 2.24) is 4.90 Å². The number of carbonyl (C=O) groups is 1. The Hall–Kier alpha value is -0.750. The van der Waals surface area contributed by atoms with E-state index in [2.05, 4.69) is 6.07 Å². The normalized spacial score (nSPS) is 23.3. The smallest absolute Gasteiger partial charge is 0.237 e. The summed E-state index contributed by atoms with van der Waals surface area (Å²) in [5.41, 5.74) is 0. The molecule has 0 aromatic carbocycles. The number of carbonyl (C=O) groups excluding carboxylic acids is 1. The molecule has 1 fully saturated rings. The van der Waals surface area contributed by atoms with Crippen LogP contribution in [-0.2, 0) is 4.79 Å². The highest BCUT2D eigenvalue weighted by Crippen LogP contribution is 2.14. The van der Waals surface area contributed by atoms with Crippen LogP contribution in [0.1, 0.15) is 6.42 Å². The van der Waals surface area contributed by atoms with E-state index in [1.54, 1.807) is 4.90 Å². The highest BCUT2D eigenvalue weighted by atomic mass is 35.5. The van der Waals surface area contributed by atoms with Crippen molar-refractivity contribution in [3.05, 3.63) is 0 Å². The summed E-state index contributed by atoms with van der Waals surface area (Å²) in [6.07, 6.45) is 0.791. The summed E-state index contributed by atoms with van der Waals surface area (Å²) in [6.45, 7) is 1.24. The molecule has 4 heteroatoms. The molecule has 0 aliphatic carbocycles. The quantitative estimate of drug-likeness (QED) is 0.544. The van der Waals surface area contributed by atoms with E-state index in [0.717, 1.165) is 6.42 Å². The highest BCUT2D eigenvalue weighted by molar-refractivity contribution is 6.27. The lowest BCUT2D eigenvalue weighted by Crippen LogP contribution is -2.29. The van der Waals surface area contributed by atoms with Crippen LogP contribution in [0.3, 0.4) is 0 Å². The first-order valence-corrected chi connectivity index (χ1v) is 4.04. The van der Waals surface area contributed by atoms with Crippen LogP contribution >= 0.6 is 11.6 Å². The number of halogens is 1. The average Bonchev–Trinajstić information content (AvgIpc) is 2.50. The molecule has 0 aromatic heterocycles. The van der Waals surface area contributed by atoms with Crippen LogP contribution in [-0.4, -0.2) is 29.8 Å². The fraction of sp³-hybridized carbons (Fsp3) is 0.714. The maximum absolute atomic E-state index is 11.0. The van der Waals surface area contributed by atoms with Crippen molar-refractivity contribution in [2.75, 3.05) is 19.0 Å². The van der Waals surface area contributed by atoms with E-state index in [-0.39, 0.29) is 17.7 Å². The first-order valence-electron chi connectivity index (χ1n) is 3.51. The van der Waals surface area contributed by atoms with E-state index in [1.807, 2.05) is 0 Å². The van der Waals surface area contributed by atoms with Gasteiger partial charge in [0.1, 0.15) is 5.88 Å². The van der Waals surface area contributed by atoms with Gasteiger partial charge in [0.2, 0.25) is 5.91 Å².